The first kappa shape index (κ1) is 10.5. The highest BCUT2D eigenvalue weighted by Crippen LogP contribution is 1.96. The van der Waals surface area contributed by atoms with Crippen LogP contribution in [0.3, 0.4) is 0 Å². The monoisotopic (exact) mass is 154 g/mol. The van der Waals surface area contributed by atoms with Gasteiger partial charge in [0.05, 0.1) is 0 Å². The van der Waals surface area contributed by atoms with E-state index in [1.54, 1.807) is 0 Å². The van der Waals surface area contributed by atoms with Gasteiger partial charge >= 0.3 is 0 Å². The second kappa shape index (κ2) is 6.21. The van der Waals surface area contributed by atoms with Crippen molar-refractivity contribution in [2.45, 2.75) is 18.9 Å². The van der Waals surface area contributed by atoms with Gasteiger partial charge in [-0.2, -0.15) is 0 Å². The van der Waals surface area contributed by atoms with Crippen LogP contribution in [-0.2, 0) is 0 Å². The zero-order valence-electron chi connectivity index (χ0n) is 7.72. The molecule has 0 heterocycles. The first-order valence-corrected chi connectivity index (χ1v) is 3.96. The van der Waals surface area contributed by atoms with Gasteiger partial charge in [-0.1, -0.05) is 0 Å². The molecule has 64 valence electrons. The minimum atomic E-state index is 0.474. The molecule has 0 radical (unpaired) electrons. The summed E-state index contributed by atoms with van der Waals surface area (Å²) in [6.45, 7) is 1.09. The van der Waals surface area contributed by atoms with E-state index in [2.05, 4.69) is 30.2 Å². The van der Waals surface area contributed by atoms with Crippen LogP contribution in [0.4, 0.5) is 0 Å². The van der Waals surface area contributed by atoms with Gasteiger partial charge in [0.2, 0.25) is 0 Å². The van der Waals surface area contributed by atoms with Crippen molar-refractivity contribution in [3.63, 3.8) is 0 Å². The zero-order valence-corrected chi connectivity index (χ0v) is 7.72. The molecule has 0 saturated carbocycles. The van der Waals surface area contributed by atoms with Gasteiger partial charge in [-0.3, -0.25) is 0 Å². The van der Waals surface area contributed by atoms with Gasteiger partial charge in [0.25, 0.3) is 0 Å². The van der Waals surface area contributed by atoms with Crippen molar-refractivity contribution >= 4 is 0 Å². The molecule has 0 aliphatic rings. The lowest BCUT2D eigenvalue weighted by atomic mass is 10.1. The second-order valence-corrected chi connectivity index (χ2v) is 2.99. The van der Waals surface area contributed by atoms with Crippen LogP contribution >= 0.6 is 0 Å². The second-order valence-electron chi connectivity index (χ2n) is 2.99. The van der Waals surface area contributed by atoms with Crippen molar-refractivity contribution in [2.75, 3.05) is 27.7 Å². The van der Waals surface area contributed by atoms with Crippen LogP contribution in [0.5, 0.6) is 0 Å². The highest BCUT2D eigenvalue weighted by Gasteiger charge is 2.03. The maximum absolute atomic E-state index is 5.21. The van der Waals surface area contributed by atoms with Crippen molar-refractivity contribution in [1.82, 2.24) is 10.2 Å². The van der Waals surface area contributed by atoms with Crippen LogP contribution in [0.15, 0.2) is 0 Å². The number of terminal acetylenes is 1. The molecule has 11 heavy (non-hydrogen) atoms. The predicted molar refractivity (Wildman–Crippen MR) is 49.5 cm³/mol. The Hall–Kier alpha value is -0.520. The summed E-state index contributed by atoms with van der Waals surface area (Å²) in [5, 5.41) is 3.19. The molecule has 0 aliphatic carbocycles. The molecule has 0 aromatic rings. The van der Waals surface area contributed by atoms with Crippen molar-refractivity contribution in [3.8, 4) is 12.3 Å². The Labute approximate surface area is 70.0 Å². The fourth-order valence-electron chi connectivity index (χ4n) is 0.905. The predicted octanol–water partition coefficient (Wildman–Crippen LogP) is 0.549. The Balaban J connectivity index is 3.45. The summed E-state index contributed by atoms with van der Waals surface area (Å²) >= 11 is 0. The van der Waals surface area contributed by atoms with Crippen LogP contribution in [0, 0.1) is 12.3 Å². The quantitative estimate of drug-likeness (QED) is 0.582. The molecule has 0 aliphatic heterocycles. The number of nitrogens with one attached hydrogen (secondary N) is 1. The third-order valence-corrected chi connectivity index (χ3v) is 1.70. The summed E-state index contributed by atoms with van der Waals surface area (Å²) in [5.41, 5.74) is 0. The van der Waals surface area contributed by atoms with Crippen molar-refractivity contribution in [1.29, 1.82) is 0 Å². The molecule has 0 rings (SSSR count). The van der Waals surface area contributed by atoms with Gasteiger partial charge in [-0.15, -0.1) is 12.3 Å². The highest BCUT2D eigenvalue weighted by atomic mass is 15.1. The third-order valence-electron chi connectivity index (χ3n) is 1.70. The topological polar surface area (TPSA) is 15.3 Å². The van der Waals surface area contributed by atoms with Gasteiger partial charge in [0.15, 0.2) is 0 Å². The maximum atomic E-state index is 5.21. The highest BCUT2D eigenvalue weighted by molar-refractivity contribution is 4.89. The fraction of sp³-hybridized carbons (Fsp3) is 0.778. The average Bonchev–Trinajstić information content (AvgIpc) is 1.97. The molecule has 1 N–H and O–H groups in total. The Kier molecular flexibility index (Phi) is 5.91. The molecule has 2 nitrogen and oxygen atoms in total. The van der Waals surface area contributed by atoms with Crippen LogP contribution in [0.1, 0.15) is 12.8 Å². The number of nitrogens with zero attached hydrogens (tertiary/aromatic N) is 1. The Morgan fingerprint density at radius 1 is 1.55 bits per heavy atom. The molecule has 0 spiro atoms. The van der Waals surface area contributed by atoms with E-state index in [-0.39, 0.29) is 0 Å². The molecule has 1 atom stereocenters. The molecule has 2 heteroatoms. The first-order chi connectivity index (χ1) is 5.20. The minimum Gasteiger partial charge on any atom is -0.316 e. The molecule has 0 saturated heterocycles. The lowest BCUT2D eigenvalue weighted by molar-refractivity contribution is 0.367. The van der Waals surface area contributed by atoms with E-state index < -0.39 is 0 Å². The van der Waals surface area contributed by atoms with Crippen molar-refractivity contribution in [2.24, 2.45) is 0 Å². The number of hydrogen-bond donors (Lipinski definition) is 1. The molecule has 0 bridgehead atoms. The van der Waals surface area contributed by atoms with E-state index >= 15 is 0 Å². The van der Waals surface area contributed by atoms with Gasteiger partial charge in [0, 0.05) is 12.5 Å². The van der Waals surface area contributed by atoms with E-state index in [9.17, 15) is 0 Å². The normalized spacial score (nSPS) is 13.0. The van der Waals surface area contributed by atoms with E-state index in [1.165, 1.54) is 0 Å². The van der Waals surface area contributed by atoms with E-state index in [0.29, 0.717) is 6.04 Å². The standard InChI is InChI=1S/C9H18N2/c1-5-6-9(10-2)7-8-11(3)4/h1,9-10H,6-8H2,2-4H3. The molecule has 0 aromatic heterocycles. The van der Waals surface area contributed by atoms with E-state index in [1.807, 2.05) is 7.05 Å². The summed E-state index contributed by atoms with van der Waals surface area (Å²) in [6, 6.07) is 0.474. The minimum absolute atomic E-state index is 0.474. The Bertz CT molecular complexity index is 124. The van der Waals surface area contributed by atoms with Crippen LogP contribution in [0.2, 0.25) is 0 Å². The average molecular weight is 154 g/mol. The van der Waals surface area contributed by atoms with E-state index in [4.69, 9.17) is 6.42 Å². The molecular formula is C9H18N2. The summed E-state index contributed by atoms with van der Waals surface area (Å²) < 4.78 is 0. The van der Waals surface area contributed by atoms with Crippen molar-refractivity contribution < 1.29 is 0 Å². The number of hydrogen-bond acceptors (Lipinski definition) is 2. The lowest BCUT2D eigenvalue weighted by Crippen LogP contribution is -2.29. The Morgan fingerprint density at radius 2 is 2.18 bits per heavy atom. The first-order valence-electron chi connectivity index (χ1n) is 3.96. The maximum Gasteiger partial charge on any atom is 0.0241 e. The molecular weight excluding hydrogens is 136 g/mol. The van der Waals surface area contributed by atoms with Gasteiger partial charge in [-0.05, 0) is 34.1 Å². The van der Waals surface area contributed by atoms with Crippen LogP contribution in [-0.4, -0.2) is 38.6 Å². The number of rotatable bonds is 5. The summed E-state index contributed by atoms with van der Waals surface area (Å²) in [6.07, 6.45) is 7.15. The van der Waals surface area contributed by atoms with Crippen LogP contribution < -0.4 is 5.32 Å². The summed E-state index contributed by atoms with van der Waals surface area (Å²) in [5.74, 6) is 2.66. The molecule has 1 unspecified atom stereocenters. The SMILES string of the molecule is C#CCC(CCN(C)C)NC. The van der Waals surface area contributed by atoms with E-state index in [0.717, 1.165) is 19.4 Å². The zero-order chi connectivity index (χ0) is 8.69. The lowest BCUT2D eigenvalue weighted by Gasteiger charge is -2.16. The summed E-state index contributed by atoms with van der Waals surface area (Å²) in [4.78, 5) is 2.17. The molecule has 0 amide bonds. The van der Waals surface area contributed by atoms with Gasteiger partial charge in [0.1, 0.15) is 0 Å². The smallest absolute Gasteiger partial charge is 0.0241 e. The van der Waals surface area contributed by atoms with Gasteiger partial charge < -0.3 is 10.2 Å². The largest absolute Gasteiger partial charge is 0.316 e. The Morgan fingerprint density at radius 3 is 2.55 bits per heavy atom. The molecule has 0 fully saturated rings. The van der Waals surface area contributed by atoms with Gasteiger partial charge in [-0.25, -0.2) is 0 Å². The fourth-order valence-corrected chi connectivity index (χ4v) is 0.905. The third kappa shape index (κ3) is 5.90. The van der Waals surface area contributed by atoms with Crippen LogP contribution in [0.25, 0.3) is 0 Å². The summed E-state index contributed by atoms with van der Waals surface area (Å²) in [7, 11) is 6.10. The molecule has 0 aromatic carbocycles. The van der Waals surface area contributed by atoms with Crippen molar-refractivity contribution in [3.05, 3.63) is 0 Å².